The summed E-state index contributed by atoms with van der Waals surface area (Å²) >= 11 is 0. The molecule has 2 aliphatic heterocycles. The van der Waals surface area contributed by atoms with Gasteiger partial charge in [-0.2, -0.15) is 0 Å². The molecule has 0 aliphatic carbocycles. The largest absolute Gasteiger partial charge is 0.497 e. The van der Waals surface area contributed by atoms with E-state index >= 15 is 0 Å². The first-order chi connectivity index (χ1) is 9.86. The van der Waals surface area contributed by atoms with Crippen LogP contribution < -0.4 is 4.74 Å². The van der Waals surface area contributed by atoms with Crippen molar-refractivity contribution in [2.75, 3.05) is 13.7 Å². The number of rotatable bonds is 1. The Kier molecular flexibility index (Phi) is 2.78. The highest BCUT2D eigenvalue weighted by atomic mass is 16.5. The molecule has 0 bridgehead atoms. The highest BCUT2D eigenvalue weighted by Crippen LogP contribution is 2.42. The summed E-state index contributed by atoms with van der Waals surface area (Å²) in [6, 6.07) is 15.9. The smallest absolute Gasteiger partial charge is 0.119 e. The first kappa shape index (κ1) is 12.0. The molecule has 1 unspecified atom stereocenters. The summed E-state index contributed by atoms with van der Waals surface area (Å²) in [4.78, 5) is 2.61. The minimum atomic E-state index is 0.439. The van der Waals surface area contributed by atoms with Crippen LogP contribution in [0.1, 0.15) is 34.7 Å². The molecule has 2 aromatic carbocycles. The third kappa shape index (κ3) is 1.75. The molecule has 1 atom stereocenters. The van der Waals surface area contributed by atoms with Crippen LogP contribution in [-0.4, -0.2) is 18.6 Å². The summed E-state index contributed by atoms with van der Waals surface area (Å²) in [5.41, 5.74) is 5.89. The molecule has 0 amide bonds. The zero-order chi connectivity index (χ0) is 13.5. The molecule has 2 nitrogen and oxygen atoms in total. The first-order valence-corrected chi connectivity index (χ1v) is 7.35. The van der Waals surface area contributed by atoms with Gasteiger partial charge >= 0.3 is 0 Å². The van der Waals surface area contributed by atoms with Crippen molar-refractivity contribution in [1.29, 1.82) is 0 Å². The van der Waals surface area contributed by atoms with Crippen LogP contribution in [-0.2, 0) is 13.0 Å². The normalized spacial score (nSPS) is 20.8. The lowest BCUT2D eigenvalue weighted by atomic mass is 9.93. The lowest BCUT2D eigenvalue weighted by Crippen LogP contribution is -2.22. The van der Waals surface area contributed by atoms with Gasteiger partial charge in [-0.25, -0.2) is 0 Å². The Hall–Kier alpha value is -1.80. The maximum Gasteiger partial charge on any atom is 0.119 e. The molecule has 0 aromatic heterocycles. The molecule has 0 fully saturated rings. The number of benzene rings is 2. The van der Waals surface area contributed by atoms with Crippen molar-refractivity contribution in [1.82, 2.24) is 4.90 Å². The van der Waals surface area contributed by atoms with Crippen molar-refractivity contribution in [2.24, 2.45) is 0 Å². The van der Waals surface area contributed by atoms with Gasteiger partial charge in [-0.05, 0) is 53.8 Å². The summed E-state index contributed by atoms with van der Waals surface area (Å²) in [6.45, 7) is 2.27. The average Bonchev–Trinajstić information content (AvgIpc) is 2.75. The van der Waals surface area contributed by atoms with E-state index in [2.05, 4.69) is 47.4 Å². The zero-order valence-corrected chi connectivity index (χ0v) is 11.8. The van der Waals surface area contributed by atoms with Crippen molar-refractivity contribution in [2.45, 2.75) is 25.4 Å². The SMILES string of the molecule is COc1ccc2c(c1)CCCN1Cc3ccccc3C21. The van der Waals surface area contributed by atoms with Crippen molar-refractivity contribution in [3.63, 3.8) is 0 Å². The minimum Gasteiger partial charge on any atom is -0.497 e. The van der Waals surface area contributed by atoms with E-state index in [1.807, 2.05) is 0 Å². The number of fused-ring (bicyclic) bond motifs is 5. The number of ether oxygens (including phenoxy) is 1. The fourth-order valence-electron chi connectivity index (χ4n) is 3.69. The second-order valence-corrected chi connectivity index (χ2v) is 5.74. The average molecular weight is 265 g/mol. The quantitative estimate of drug-likeness (QED) is 0.782. The van der Waals surface area contributed by atoms with Gasteiger partial charge in [-0.3, -0.25) is 4.90 Å². The topological polar surface area (TPSA) is 12.5 Å². The Labute approximate surface area is 120 Å². The van der Waals surface area contributed by atoms with E-state index in [0.29, 0.717) is 6.04 Å². The van der Waals surface area contributed by atoms with Crippen LogP contribution in [0.5, 0.6) is 5.75 Å². The Bertz CT molecular complexity index is 650. The molecule has 2 aliphatic rings. The molecule has 0 radical (unpaired) electrons. The predicted octanol–water partition coefficient (Wildman–Crippen LogP) is 3.55. The van der Waals surface area contributed by atoms with Gasteiger partial charge in [-0.1, -0.05) is 30.3 Å². The van der Waals surface area contributed by atoms with Crippen molar-refractivity contribution in [3.8, 4) is 5.75 Å². The van der Waals surface area contributed by atoms with Gasteiger partial charge in [0.15, 0.2) is 0 Å². The van der Waals surface area contributed by atoms with Crippen LogP contribution in [0, 0.1) is 0 Å². The maximum absolute atomic E-state index is 5.39. The predicted molar refractivity (Wildman–Crippen MR) is 80.0 cm³/mol. The van der Waals surface area contributed by atoms with E-state index in [1.54, 1.807) is 7.11 Å². The standard InChI is InChI=1S/C18H19NO/c1-20-15-8-9-17-13(11-15)6-4-10-19-12-14-5-2-3-7-16(14)18(17)19/h2-3,5,7-9,11,18H,4,6,10,12H2,1H3. The van der Waals surface area contributed by atoms with Gasteiger partial charge in [-0.15, -0.1) is 0 Å². The van der Waals surface area contributed by atoms with E-state index < -0.39 is 0 Å². The zero-order valence-electron chi connectivity index (χ0n) is 11.8. The number of hydrogen-bond donors (Lipinski definition) is 0. The fraction of sp³-hybridized carbons (Fsp3) is 0.333. The summed E-state index contributed by atoms with van der Waals surface area (Å²) < 4.78 is 5.39. The van der Waals surface area contributed by atoms with Crippen LogP contribution in [0.2, 0.25) is 0 Å². The van der Waals surface area contributed by atoms with E-state index in [4.69, 9.17) is 4.74 Å². The molecule has 102 valence electrons. The summed E-state index contributed by atoms with van der Waals surface area (Å²) in [6.07, 6.45) is 2.38. The molecular formula is C18H19NO. The highest BCUT2D eigenvalue weighted by molar-refractivity contribution is 5.47. The molecule has 2 heterocycles. The van der Waals surface area contributed by atoms with E-state index in [0.717, 1.165) is 18.7 Å². The molecule has 2 aromatic rings. The van der Waals surface area contributed by atoms with Crippen molar-refractivity contribution in [3.05, 3.63) is 64.7 Å². The van der Waals surface area contributed by atoms with E-state index in [1.165, 1.54) is 35.2 Å². The Morgan fingerprint density at radius 3 is 2.80 bits per heavy atom. The summed E-state index contributed by atoms with van der Waals surface area (Å²) in [5, 5.41) is 0. The molecular weight excluding hydrogens is 246 g/mol. The van der Waals surface area contributed by atoms with Crippen molar-refractivity contribution < 1.29 is 4.74 Å². The van der Waals surface area contributed by atoms with Crippen LogP contribution in [0.25, 0.3) is 0 Å². The lowest BCUT2D eigenvalue weighted by Gasteiger charge is -2.24. The third-order valence-corrected chi connectivity index (χ3v) is 4.62. The van der Waals surface area contributed by atoms with Gasteiger partial charge in [0.2, 0.25) is 0 Å². The van der Waals surface area contributed by atoms with Crippen LogP contribution in [0.15, 0.2) is 42.5 Å². The van der Waals surface area contributed by atoms with Crippen LogP contribution >= 0.6 is 0 Å². The maximum atomic E-state index is 5.39. The highest BCUT2D eigenvalue weighted by Gasteiger charge is 2.33. The molecule has 0 saturated carbocycles. The Morgan fingerprint density at radius 2 is 1.90 bits per heavy atom. The fourth-order valence-corrected chi connectivity index (χ4v) is 3.69. The molecule has 4 rings (SSSR count). The summed E-state index contributed by atoms with van der Waals surface area (Å²) in [7, 11) is 1.75. The lowest BCUT2D eigenvalue weighted by molar-refractivity contribution is 0.249. The monoisotopic (exact) mass is 265 g/mol. The van der Waals surface area contributed by atoms with Crippen molar-refractivity contribution >= 4 is 0 Å². The minimum absolute atomic E-state index is 0.439. The Morgan fingerprint density at radius 1 is 1.05 bits per heavy atom. The first-order valence-electron chi connectivity index (χ1n) is 7.35. The third-order valence-electron chi connectivity index (χ3n) is 4.62. The van der Waals surface area contributed by atoms with Gasteiger partial charge < -0.3 is 4.74 Å². The Balaban J connectivity index is 1.86. The van der Waals surface area contributed by atoms with Gasteiger partial charge in [0.1, 0.15) is 5.75 Å². The number of nitrogens with zero attached hydrogens (tertiary/aromatic N) is 1. The number of aryl methyl sites for hydroxylation is 1. The van der Waals surface area contributed by atoms with Gasteiger partial charge in [0, 0.05) is 6.54 Å². The number of methoxy groups -OCH3 is 1. The van der Waals surface area contributed by atoms with Gasteiger partial charge in [0.25, 0.3) is 0 Å². The molecule has 0 spiro atoms. The second kappa shape index (κ2) is 4.64. The van der Waals surface area contributed by atoms with E-state index in [-0.39, 0.29) is 0 Å². The van der Waals surface area contributed by atoms with Crippen LogP contribution in [0.3, 0.4) is 0 Å². The van der Waals surface area contributed by atoms with E-state index in [9.17, 15) is 0 Å². The van der Waals surface area contributed by atoms with Crippen LogP contribution in [0.4, 0.5) is 0 Å². The van der Waals surface area contributed by atoms with Gasteiger partial charge in [0.05, 0.1) is 13.2 Å². The molecule has 2 heteroatoms. The second-order valence-electron chi connectivity index (χ2n) is 5.74. The summed E-state index contributed by atoms with van der Waals surface area (Å²) in [5.74, 6) is 0.975. The number of hydrogen-bond acceptors (Lipinski definition) is 2. The molecule has 0 saturated heterocycles. The molecule has 0 N–H and O–H groups in total. The molecule has 20 heavy (non-hydrogen) atoms.